The van der Waals surface area contributed by atoms with Crippen LogP contribution in [-0.2, 0) is 14.3 Å². The third-order valence-corrected chi connectivity index (χ3v) is 6.73. The molecule has 0 saturated carbocycles. The molecule has 2 aromatic rings. The van der Waals surface area contributed by atoms with Crippen LogP contribution in [0.15, 0.2) is 24.3 Å². The summed E-state index contributed by atoms with van der Waals surface area (Å²) in [5.41, 5.74) is 2.30. The molecule has 1 amide bonds. The average molecular weight is 474 g/mol. The molecule has 0 atom stereocenters. The fraction of sp³-hybridized carbons (Fsp3) is 0.391. The summed E-state index contributed by atoms with van der Waals surface area (Å²) in [6, 6.07) is 7.51. The maximum Gasteiger partial charge on any atom is 0.348 e. The zero-order valence-electron chi connectivity index (χ0n) is 19.1. The molecule has 10 heteroatoms. The number of ether oxygens (including phenoxy) is 2. The van der Waals surface area contributed by atoms with Gasteiger partial charge >= 0.3 is 11.9 Å². The van der Waals surface area contributed by atoms with Gasteiger partial charge in [-0.2, -0.15) is 0 Å². The van der Waals surface area contributed by atoms with Crippen LogP contribution < -0.4 is 10.2 Å². The van der Waals surface area contributed by atoms with E-state index in [4.69, 9.17) is 9.47 Å². The first kappa shape index (κ1) is 24.4. The number of hydrogen-bond donors (Lipinski definition) is 1. The van der Waals surface area contributed by atoms with Gasteiger partial charge in [-0.05, 0) is 43.7 Å². The van der Waals surface area contributed by atoms with Crippen molar-refractivity contribution in [3.63, 3.8) is 0 Å². The van der Waals surface area contributed by atoms with E-state index in [1.807, 2.05) is 29.2 Å². The van der Waals surface area contributed by atoms with Crippen LogP contribution in [0.2, 0.25) is 0 Å². The predicted molar refractivity (Wildman–Crippen MR) is 125 cm³/mol. The first-order chi connectivity index (χ1) is 15.7. The Bertz CT molecular complexity index is 1050. The van der Waals surface area contributed by atoms with Gasteiger partial charge < -0.3 is 19.7 Å². The number of nitrogens with one attached hydrogen (secondary N) is 1. The third kappa shape index (κ3) is 5.58. The zero-order chi connectivity index (χ0) is 24.1. The fourth-order valence-electron chi connectivity index (χ4n) is 3.68. The minimum Gasteiger partial charge on any atom is -0.465 e. The Labute approximate surface area is 196 Å². The van der Waals surface area contributed by atoms with Crippen LogP contribution in [0.3, 0.4) is 0 Å². The molecule has 0 radical (unpaired) electrons. The van der Waals surface area contributed by atoms with Crippen LogP contribution in [0.4, 0.5) is 10.7 Å². The Morgan fingerprint density at radius 1 is 0.970 bits per heavy atom. The van der Waals surface area contributed by atoms with E-state index in [-0.39, 0.29) is 33.7 Å². The summed E-state index contributed by atoms with van der Waals surface area (Å²) in [4.78, 5) is 52.9. The van der Waals surface area contributed by atoms with Gasteiger partial charge in [-0.15, -0.1) is 11.3 Å². The van der Waals surface area contributed by atoms with Gasteiger partial charge in [0, 0.05) is 37.4 Å². The minimum absolute atomic E-state index is 0.0346. The Morgan fingerprint density at radius 2 is 1.58 bits per heavy atom. The molecule has 1 N–H and O–H groups in total. The van der Waals surface area contributed by atoms with Crippen molar-refractivity contribution in [1.29, 1.82) is 0 Å². The number of hydrogen-bond acceptors (Lipinski definition) is 9. The Balaban J connectivity index is 1.61. The number of Topliss-reactive ketones (excluding diaryl/α,β-unsaturated/α-hetero) is 1. The van der Waals surface area contributed by atoms with Gasteiger partial charge in [-0.3, -0.25) is 14.5 Å². The van der Waals surface area contributed by atoms with E-state index in [0.717, 1.165) is 30.1 Å². The van der Waals surface area contributed by atoms with Crippen molar-refractivity contribution in [3.8, 4) is 0 Å². The van der Waals surface area contributed by atoms with Gasteiger partial charge in [0.2, 0.25) is 5.91 Å². The number of ketones is 1. The molecule has 0 unspecified atom stereocenters. The van der Waals surface area contributed by atoms with Crippen molar-refractivity contribution >= 4 is 45.7 Å². The number of thiophene rings is 1. The molecule has 3 rings (SSSR count). The number of piperazine rings is 1. The van der Waals surface area contributed by atoms with Crippen LogP contribution in [0.5, 0.6) is 0 Å². The molecule has 1 aliphatic heterocycles. The highest BCUT2D eigenvalue weighted by Gasteiger charge is 2.27. The molecule has 2 heterocycles. The molecular formula is C23H27N3O6S. The maximum atomic E-state index is 12.7. The standard InChI is InChI=1S/C23H27N3O6S/c1-14-19(22(29)31-3)21(33-20(14)23(30)32-4)24-18(28)13-25-9-11-26(12-10-25)17-7-5-16(6-8-17)15(2)27/h5-8H,9-13H2,1-4H3,(H,24,28). The summed E-state index contributed by atoms with van der Waals surface area (Å²) in [5, 5.41) is 3.03. The zero-order valence-corrected chi connectivity index (χ0v) is 19.9. The first-order valence-corrected chi connectivity index (χ1v) is 11.2. The number of esters is 2. The van der Waals surface area contributed by atoms with E-state index in [1.165, 1.54) is 14.2 Å². The third-order valence-electron chi connectivity index (χ3n) is 5.54. The summed E-state index contributed by atoms with van der Waals surface area (Å²) in [7, 11) is 2.50. The molecule has 1 fully saturated rings. The lowest BCUT2D eigenvalue weighted by atomic mass is 10.1. The number of anilines is 2. The molecule has 176 valence electrons. The highest BCUT2D eigenvalue weighted by molar-refractivity contribution is 7.18. The van der Waals surface area contributed by atoms with Gasteiger partial charge in [0.05, 0.1) is 26.3 Å². The first-order valence-electron chi connectivity index (χ1n) is 10.4. The molecule has 0 spiro atoms. The van der Waals surface area contributed by atoms with E-state index < -0.39 is 11.9 Å². The summed E-state index contributed by atoms with van der Waals surface area (Å²) < 4.78 is 9.59. The number of rotatable bonds is 7. The van der Waals surface area contributed by atoms with Crippen molar-refractivity contribution < 1.29 is 28.7 Å². The smallest absolute Gasteiger partial charge is 0.348 e. The molecule has 0 aliphatic carbocycles. The highest BCUT2D eigenvalue weighted by atomic mass is 32.1. The molecule has 1 aliphatic rings. The molecule has 0 bridgehead atoms. The topological polar surface area (TPSA) is 105 Å². The summed E-state index contributed by atoms with van der Waals surface area (Å²) in [6.45, 7) is 6.16. The largest absolute Gasteiger partial charge is 0.465 e. The lowest BCUT2D eigenvalue weighted by Crippen LogP contribution is -2.48. The molecule has 9 nitrogen and oxygen atoms in total. The van der Waals surface area contributed by atoms with Crippen LogP contribution in [0.1, 0.15) is 42.9 Å². The quantitative estimate of drug-likeness (QED) is 0.483. The van der Waals surface area contributed by atoms with Gasteiger partial charge in [0.1, 0.15) is 9.88 Å². The number of carbonyl (C=O) groups excluding carboxylic acids is 4. The Kier molecular flexibility index (Phi) is 7.83. The van der Waals surface area contributed by atoms with Crippen LogP contribution in [0.25, 0.3) is 0 Å². The maximum absolute atomic E-state index is 12.7. The lowest BCUT2D eigenvalue weighted by Gasteiger charge is -2.35. The number of amides is 1. The van der Waals surface area contributed by atoms with Crippen LogP contribution in [-0.4, -0.2) is 75.5 Å². The monoisotopic (exact) mass is 473 g/mol. The van der Waals surface area contributed by atoms with Crippen LogP contribution >= 0.6 is 11.3 Å². The van der Waals surface area contributed by atoms with Gasteiger partial charge in [0.15, 0.2) is 5.78 Å². The minimum atomic E-state index is -0.626. The average Bonchev–Trinajstić information content (AvgIpc) is 3.14. The molecule has 33 heavy (non-hydrogen) atoms. The number of benzene rings is 1. The number of methoxy groups -OCH3 is 2. The van der Waals surface area contributed by atoms with Gasteiger partial charge in [-0.25, -0.2) is 9.59 Å². The Hall–Kier alpha value is -3.24. The molecule has 1 saturated heterocycles. The fourth-order valence-corrected chi connectivity index (χ4v) is 4.81. The van der Waals surface area contributed by atoms with Crippen molar-refractivity contribution in [3.05, 3.63) is 45.8 Å². The normalized spacial score (nSPS) is 14.0. The van der Waals surface area contributed by atoms with Gasteiger partial charge in [-0.1, -0.05) is 0 Å². The van der Waals surface area contributed by atoms with E-state index in [0.29, 0.717) is 24.2 Å². The second kappa shape index (κ2) is 10.6. The molecule has 1 aromatic carbocycles. The highest BCUT2D eigenvalue weighted by Crippen LogP contribution is 2.34. The van der Waals surface area contributed by atoms with Crippen molar-refractivity contribution in [2.75, 3.05) is 57.2 Å². The van der Waals surface area contributed by atoms with Crippen molar-refractivity contribution in [2.24, 2.45) is 0 Å². The van der Waals surface area contributed by atoms with E-state index >= 15 is 0 Å². The molecule has 1 aromatic heterocycles. The van der Waals surface area contributed by atoms with Crippen LogP contribution in [0, 0.1) is 6.92 Å². The van der Waals surface area contributed by atoms with E-state index in [1.54, 1.807) is 13.8 Å². The summed E-state index contributed by atoms with van der Waals surface area (Å²) in [5.74, 6) is -1.45. The number of nitrogens with zero attached hydrogens (tertiary/aromatic N) is 2. The van der Waals surface area contributed by atoms with Crippen molar-refractivity contribution in [2.45, 2.75) is 13.8 Å². The number of carbonyl (C=O) groups is 4. The second-order valence-electron chi connectivity index (χ2n) is 7.66. The van der Waals surface area contributed by atoms with Crippen molar-refractivity contribution in [1.82, 2.24) is 4.90 Å². The molecular weight excluding hydrogens is 446 g/mol. The predicted octanol–water partition coefficient (Wildman–Crippen LogP) is 2.59. The Morgan fingerprint density at radius 3 is 2.12 bits per heavy atom. The summed E-state index contributed by atoms with van der Waals surface area (Å²) >= 11 is 0.996. The van der Waals surface area contributed by atoms with Gasteiger partial charge in [0.25, 0.3) is 0 Å². The SMILES string of the molecule is COC(=O)c1sc(NC(=O)CN2CCN(c3ccc(C(C)=O)cc3)CC2)c(C(=O)OC)c1C. The second-order valence-corrected chi connectivity index (χ2v) is 8.68. The summed E-state index contributed by atoms with van der Waals surface area (Å²) in [6.07, 6.45) is 0. The van der Waals surface area contributed by atoms with E-state index in [9.17, 15) is 19.2 Å². The lowest BCUT2D eigenvalue weighted by molar-refractivity contribution is -0.117. The van der Waals surface area contributed by atoms with E-state index in [2.05, 4.69) is 10.2 Å².